The molecule has 0 spiro atoms. The summed E-state index contributed by atoms with van der Waals surface area (Å²) in [6.07, 6.45) is 2.52. The van der Waals surface area contributed by atoms with Gasteiger partial charge in [-0.3, -0.25) is 0 Å². The van der Waals surface area contributed by atoms with Crippen LogP contribution in [-0.4, -0.2) is 50.9 Å². The summed E-state index contributed by atoms with van der Waals surface area (Å²) in [4.78, 5) is 2.37. The molecule has 0 amide bonds. The number of rotatable bonds is 5. The zero-order valence-electron chi connectivity index (χ0n) is 13.5. The molecule has 1 aromatic carbocycles. The monoisotopic (exact) mass is 323 g/mol. The van der Waals surface area contributed by atoms with E-state index in [9.17, 15) is 0 Å². The van der Waals surface area contributed by atoms with Crippen molar-refractivity contribution in [3.63, 3.8) is 0 Å². The molecule has 1 aliphatic rings. The maximum atomic E-state index is 5.38. The first-order valence-corrected chi connectivity index (χ1v) is 7.98. The van der Waals surface area contributed by atoms with Crippen LogP contribution in [0.1, 0.15) is 12.8 Å². The highest BCUT2D eigenvalue weighted by Crippen LogP contribution is 2.28. The summed E-state index contributed by atoms with van der Waals surface area (Å²) in [6, 6.07) is 5.62. The van der Waals surface area contributed by atoms with Crippen molar-refractivity contribution in [2.45, 2.75) is 12.8 Å². The Bertz CT molecular complexity index is 510. The molecule has 1 aliphatic heterocycles. The first-order valence-electron chi connectivity index (χ1n) is 7.57. The summed E-state index contributed by atoms with van der Waals surface area (Å²) in [5, 5.41) is 7.12. The third kappa shape index (κ3) is 4.74. The molecule has 5 nitrogen and oxygen atoms in total. The Balaban J connectivity index is 1.86. The van der Waals surface area contributed by atoms with Crippen LogP contribution < -0.4 is 20.1 Å². The number of ether oxygens (including phenoxy) is 2. The van der Waals surface area contributed by atoms with E-state index in [1.807, 2.05) is 18.2 Å². The summed E-state index contributed by atoms with van der Waals surface area (Å²) in [7, 11) is 5.44. The second-order valence-electron chi connectivity index (χ2n) is 5.67. The Hall–Kier alpha value is -1.53. The number of likely N-dealkylation sites (tertiary alicyclic amines) is 1. The minimum absolute atomic E-state index is 0.622. The molecule has 1 heterocycles. The van der Waals surface area contributed by atoms with Gasteiger partial charge in [0, 0.05) is 19.2 Å². The Morgan fingerprint density at radius 3 is 2.86 bits per heavy atom. The lowest BCUT2D eigenvalue weighted by Gasteiger charge is -2.30. The number of thiocarbonyl (C=S) groups is 1. The Kier molecular flexibility index (Phi) is 6.27. The van der Waals surface area contributed by atoms with E-state index in [1.54, 1.807) is 14.2 Å². The van der Waals surface area contributed by atoms with Crippen LogP contribution in [0.25, 0.3) is 0 Å². The number of hydrogen-bond donors (Lipinski definition) is 2. The number of piperidine rings is 1. The van der Waals surface area contributed by atoms with Gasteiger partial charge in [0.2, 0.25) is 0 Å². The van der Waals surface area contributed by atoms with Gasteiger partial charge in [0.05, 0.1) is 19.9 Å². The van der Waals surface area contributed by atoms with Gasteiger partial charge >= 0.3 is 0 Å². The van der Waals surface area contributed by atoms with Crippen molar-refractivity contribution in [1.82, 2.24) is 10.2 Å². The fourth-order valence-electron chi connectivity index (χ4n) is 2.75. The number of nitrogens with zero attached hydrogens (tertiary/aromatic N) is 1. The highest BCUT2D eigenvalue weighted by Gasteiger charge is 2.17. The van der Waals surface area contributed by atoms with E-state index >= 15 is 0 Å². The number of anilines is 1. The van der Waals surface area contributed by atoms with Crippen molar-refractivity contribution in [3.8, 4) is 11.5 Å². The molecule has 6 heteroatoms. The molecule has 1 fully saturated rings. The minimum atomic E-state index is 0.622. The highest BCUT2D eigenvalue weighted by molar-refractivity contribution is 7.80. The van der Waals surface area contributed by atoms with Crippen molar-refractivity contribution in [2.75, 3.05) is 46.2 Å². The SMILES string of the molecule is COc1ccc(NC(=S)NCC2CCCN(C)C2)c(OC)c1. The molecule has 22 heavy (non-hydrogen) atoms. The van der Waals surface area contributed by atoms with E-state index in [4.69, 9.17) is 21.7 Å². The van der Waals surface area contributed by atoms with Crippen LogP contribution >= 0.6 is 12.2 Å². The first kappa shape index (κ1) is 16.8. The smallest absolute Gasteiger partial charge is 0.170 e. The van der Waals surface area contributed by atoms with Gasteiger partial charge in [-0.25, -0.2) is 0 Å². The van der Waals surface area contributed by atoms with Gasteiger partial charge in [-0.15, -0.1) is 0 Å². The molecule has 1 aromatic rings. The molecule has 0 radical (unpaired) electrons. The number of nitrogens with one attached hydrogen (secondary N) is 2. The third-order valence-electron chi connectivity index (χ3n) is 3.93. The highest BCUT2D eigenvalue weighted by atomic mass is 32.1. The number of methoxy groups -OCH3 is 2. The number of hydrogen-bond acceptors (Lipinski definition) is 4. The fourth-order valence-corrected chi connectivity index (χ4v) is 2.94. The summed E-state index contributed by atoms with van der Waals surface area (Å²) in [5.41, 5.74) is 0.835. The summed E-state index contributed by atoms with van der Waals surface area (Å²) < 4.78 is 10.6. The van der Waals surface area contributed by atoms with Gasteiger partial charge in [0.25, 0.3) is 0 Å². The lowest BCUT2D eigenvalue weighted by atomic mass is 9.99. The van der Waals surface area contributed by atoms with E-state index in [1.165, 1.54) is 19.4 Å². The normalized spacial score (nSPS) is 18.6. The Morgan fingerprint density at radius 2 is 2.18 bits per heavy atom. The lowest BCUT2D eigenvalue weighted by molar-refractivity contribution is 0.211. The molecule has 122 valence electrons. The van der Waals surface area contributed by atoms with Crippen molar-refractivity contribution in [1.29, 1.82) is 0 Å². The van der Waals surface area contributed by atoms with Crippen molar-refractivity contribution in [3.05, 3.63) is 18.2 Å². The molecule has 0 aliphatic carbocycles. The van der Waals surface area contributed by atoms with Crippen LogP contribution in [0.15, 0.2) is 18.2 Å². The molecule has 2 rings (SSSR count). The summed E-state index contributed by atoms with van der Waals surface area (Å²) in [6.45, 7) is 3.22. The van der Waals surface area contributed by atoms with Crippen LogP contribution in [-0.2, 0) is 0 Å². The van der Waals surface area contributed by atoms with Gasteiger partial charge in [0.1, 0.15) is 11.5 Å². The van der Waals surface area contributed by atoms with Crippen LogP contribution in [0.4, 0.5) is 5.69 Å². The zero-order valence-corrected chi connectivity index (χ0v) is 14.3. The van der Waals surface area contributed by atoms with E-state index in [2.05, 4.69) is 22.6 Å². The first-order chi connectivity index (χ1) is 10.6. The molecule has 1 unspecified atom stereocenters. The average Bonchev–Trinajstić information content (AvgIpc) is 2.53. The van der Waals surface area contributed by atoms with Gasteiger partial charge in [-0.05, 0) is 56.7 Å². The van der Waals surface area contributed by atoms with E-state index in [0.29, 0.717) is 16.8 Å². The predicted molar refractivity (Wildman–Crippen MR) is 94.0 cm³/mol. The summed E-state index contributed by atoms with van der Waals surface area (Å²) in [5.74, 6) is 2.11. The standard InChI is InChI=1S/C16H25N3O2S/c1-19-8-4-5-12(11-19)10-17-16(22)18-14-7-6-13(20-2)9-15(14)21-3/h6-7,9,12H,4-5,8,10-11H2,1-3H3,(H2,17,18,22). The Labute approximate surface area is 138 Å². The average molecular weight is 323 g/mol. The molecular weight excluding hydrogens is 298 g/mol. The van der Waals surface area contributed by atoms with Crippen molar-refractivity contribution < 1.29 is 9.47 Å². The van der Waals surface area contributed by atoms with Gasteiger partial charge < -0.3 is 25.0 Å². The quantitative estimate of drug-likeness (QED) is 0.811. The van der Waals surface area contributed by atoms with Crippen molar-refractivity contribution >= 4 is 23.0 Å². The van der Waals surface area contributed by atoms with Crippen LogP contribution in [0.2, 0.25) is 0 Å². The molecule has 0 saturated carbocycles. The molecule has 1 saturated heterocycles. The maximum Gasteiger partial charge on any atom is 0.170 e. The van der Waals surface area contributed by atoms with E-state index in [0.717, 1.165) is 24.5 Å². The minimum Gasteiger partial charge on any atom is -0.497 e. The molecular formula is C16H25N3O2S. The van der Waals surface area contributed by atoms with Gasteiger partial charge in [0.15, 0.2) is 5.11 Å². The van der Waals surface area contributed by atoms with Crippen LogP contribution in [0.3, 0.4) is 0 Å². The predicted octanol–water partition coefficient (Wildman–Crippen LogP) is 2.33. The van der Waals surface area contributed by atoms with E-state index in [-0.39, 0.29) is 0 Å². The fraction of sp³-hybridized carbons (Fsp3) is 0.562. The third-order valence-corrected chi connectivity index (χ3v) is 4.18. The van der Waals surface area contributed by atoms with Crippen LogP contribution in [0, 0.1) is 5.92 Å². The molecule has 2 N–H and O–H groups in total. The molecule has 0 aromatic heterocycles. The van der Waals surface area contributed by atoms with Crippen molar-refractivity contribution in [2.24, 2.45) is 5.92 Å². The van der Waals surface area contributed by atoms with Gasteiger partial charge in [-0.1, -0.05) is 0 Å². The van der Waals surface area contributed by atoms with Gasteiger partial charge in [-0.2, -0.15) is 0 Å². The number of benzene rings is 1. The molecule has 1 atom stereocenters. The van der Waals surface area contributed by atoms with E-state index < -0.39 is 0 Å². The summed E-state index contributed by atoms with van der Waals surface area (Å²) >= 11 is 5.38. The second kappa shape index (κ2) is 8.19. The largest absolute Gasteiger partial charge is 0.497 e. The molecule has 0 bridgehead atoms. The maximum absolute atomic E-state index is 5.38. The van der Waals surface area contributed by atoms with Crippen LogP contribution in [0.5, 0.6) is 11.5 Å². The second-order valence-corrected chi connectivity index (χ2v) is 6.08. The topological polar surface area (TPSA) is 45.8 Å². The Morgan fingerprint density at radius 1 is 1.36 bits per heavy atom. The zero-order chi connectivity index (χ0) is 15.9. The lowest BCUT2D eigenvalue weighted by Crippen LogP contribution is -2.40.